The molecule has 1 amide bonds. The third-order valence-corrected chi connectivity index (χ3v) is 4.79. The van der Waals surface area contributed by atoms with E-state index in [1.807, 2.05) is 37.3 Å². The minimum atomic E-state index is -0.315. The van der Waals surface area contributed by atoms with Gasteiger partial charge in [0, 0.05) is 30.9 Å². The minimum absolute atomic E-state index is 0.00208. The van der Waals surface area contributed by atoms with Crippen LogP contribution in [-0.2, 0) is 0 Å². The summed E-state index contributed by atoms with van der Waals surface area (Å²) in [6, 6.07) is 11.5. The molecule has 1 aromatic carbocycles. The highest BCUT2D eigenvalue weighted by Crippen LogP contribution is 2.16. The first-order chi connectivity index (χ1) is 12.0. The molecule has 1 saturated heterocycles. The number of hydrogen-bond acceptors (Lipinski definition) is 4. The molecule has 0 atom stereocenters. The second-order valence-corrected chi connectivity index (χ2v) is 6.73. The Balaban J connectivity index is 1.87. The first-order valence-corrected chi connectivity index (χ1v) is 8.59. The lowest BCUT2D eigenvalue weighted by atomic mass is 10.0. The molecule has 1 fully saturated rings. The second-order valence-electron chi connectivity index (χ2n) is 6.73. The van der Waals surface area contributed by atoms with Crippen molar-refractivity contribution < 1.29 is 4.79 Å². The van der Waals surface area contributed by atoms with Gasteiger partial charge in [-0.05, 0) is 46.0 Å². The summed E-state index contributed by atoms with van der Waals surface area (Å²) in [6.07, 6.45) is 1.83. The van der Waals surface area contributed by atoms with Gasteiger partial charge in [0.15, 0.2) is 5.69 Å². The molecule has 0 unspecified atom stereocenters. The van der Waals surface area contributed by atoms with Crippen LogP contribution in [0.15, 0.2) is 41.2 Å². The van der Waals surface area contributed by atoms with Gasteiger partial charge >= 0.3 is 0 Å². The van der Waals surface area contributed by atoms with Gasteiger partial charge in [-0.15, -0.1) is 0 Å². The van der Waals surface area contributed by atoms with Gasteiger partial charge in [0.05, 0.1) is 5.69 Å². The highest BCUT2D eigenvalue weighted by Gasteiger charge is 2.27. The van der Waals surface area contributed by atoms with Crippen LogP contribution in [0.4, 0.5) is 0 Å². The zero-order valence-electron chi connectivity index (χ0n) is 15.0. The summed E-state index contributed by atoms with van der Waals surface area (Å²) in [7, 11) is 4.12. The highest BCUT2D eigenvalue weighted by atomic mass is 16.2. The maximum atomic E-state index is 12.8. The number of nitrogens with zero attached hydrogens (tertiary/aromatic N) is 4. The second kappa shape index (κ2) is 7.19. The molecule has 132 valence electrons. The van der Waals surface area contributed by atoms with Crippen molar-refractivity contribution in [1.29, 1.82) is 0 Å². The lowest BCUT2D eigenvalue weighted by Gasteiger charge is -2.34. The zero-order valence-corrected chi connectivity index (χ0v) is 15.0. The molecule has 25 heavy (non-hydrogen) atoms. The molecule has 0 aliphatic carbocycles. The van der Waals surface area contributed by atoms with Crippen molar-refractivity contribution in [3.8, 4) is 5.69 Å². The largest absolute Gasteiger partial charge is 0.337 e. The smallest absolute Gasteiger partial charge is 0.278 e. The van der Waals surface area contributed by atoms with Gasteiger partial charge in [0.1, 0.15) is 0 Å². The topological polar surface area (TPSA) is 58.4 Å². The van der Waals surface area contributed by atoms with Crippen LogP contribution in [0.3, 0.4) is 0 Å². The fourth-order valence-electron chi connectivity index (χ4n) is 3.26. The SMILES string of the molecule is Cc1cc(=O)c(C(=O)N2CCC(N(C)C)CC2)nn1-c1ccccc1. The van der Waals surface area contributed by atoms with E-state index in [4.69, 9.17) is 0 Å². The van der Waals surface area contributed by atoms with Gasteiger partial charge in [-0.25, -0.2) is 4.68 Å². The molecule has 6 nitrogen and oxygen atoms in total. The number of hydrogen-bond donors (Lipinski definition) is 0. The van der Waals surface area contributed by atoms with Crippen molar-refractivity contribution in [2.75, 3.05) is 27.2 Å². The summed E-state index contributed by atoms with van der Waals surface area (Å²) >= 11 is 0. The highest BCUT2D eigenvalue weighted by molar-refractivity contribution is 5.92. The Morgan fingerprint density at radius 2 is 1.80 bits per heavy atom. The Hall–Kier alpha value is -2.47. The summed E-state index contributed by atoms with van der Waals surface area (Å²) in [6.45, 7) is 3.13. The van der Waals surface area contributed by atoms with E-state index in [1.165, 1.54) is 6.07 Å². The molecule has 0 radical (unpaired) electrons. The summed E-state index contributed by atoms with van der Waals surface area (Å²) < 4.78 is 1.65. The Labute approximate surface area is 147 Å². The Morgan fingerprint density at radius 3 is 2.40 bits per heavy atom. The average molecular weight is 340 g/mol. The Bertz CT molecular complexity index is 806. The molecule has 2 heterocycles. The third kappa shape index (κ3) is 3.64. The van der Waals surface area contributed by atoms with Gasteiger partial charge in [0.25, 0.3) is 5.91 Å². The van der Waals surface area contributed by atoms with Crippen molar-refractivity contribution in [1.82, 2.24) is 19.6 Å². The van der Waals surface area contributed by atoms with Crippen LogP contribution >= 0.6 is 0 Å². The van der Waals surface area contributed by atoms with E-state index in [2.05, 4.69) is 24.1 Å². The lowest BCUT2D eigenvalue weighted by molar-refractivity contribution is 0.0654. The van der Waals surface area contributed by atoms with Crippen LogP contribution in [0, 0.1) is 6.92 Å². The average Bonchev–Trinajstić information content (AvgIpc) is 2.62. The van der Waals surface area contributed by atoms with Gasteiger partial charge < -0.3 is 9.80 Å². The van der Waals surface area contributed by atoms with Gasteiger partial charge in [-0.1, -0.05) is 18.2 Å². The molecule has 6 heteroatoms. The van der Waals surface area contributed by atoms with E-state index >= 15 is 0 Å². The number of likely N-dealkylation sites (tertiary alicyclic amines) is 1. The van der Waals surface area contributed by atoms with E-state index in [9.17, 15) is 9.59 Å². The summed E-state index contributed by atoms with van der Waals surface area (Å²) in [4.78, 5) is 29.1. The van der Waals surface area contributed by atoms with Crippen LogP contribution in [-0.4, -0.2) is 58.7 Å². The Kier molecular flexibility index (Phi) is 4.99. The molecule has 3 rings (SSSR count). The molecular formula is C19H24N4O2. The van der Waals surface area contributed by atoms with E-state index in [0.29, 0.717) is 24.8 Å². The Morgan fingerprint density at radius 1 is 1.16 bits per heavy atom. The van der Waals surface area contributed by atoms with Crippen molar-refractivity contribution in [3.63, 3.8) is 0 Å². The fourth-order valence-corrected chi connectivity index (χ4v) is 3.26. The number of para-hydroxylation sites is 1. The summed E-state index contributed by atoms with van der Waals surface area (Å²) in [5.41, 5.74) is 1.22. The normalized spacial score (nSPS) is 15.6. The van der Waals surface area contributed by atoms with Gasteiger partial charge in [-0.3, -0.25) is 9.59 Å². The van der Waals surface area contributed by atoms with Crippen molar-refractivity contribution in [3.05, 3.63) is 58.0 Å². The number of benzene rings is 1. The standard InChI is InChI=1S/C19H24N4O2/c1-14-13-17(24)18(20-23(14)16-7-5-4-6-8-16)19(25)22-11-9-15(10-12-22)21(2)3/h4-8,13,15H,9-12H2,1-3H3. The molecule has 0 spiro atoms. The van der Waals surface area contributed by atoms with E-state index in [1.54, 1.807) is 9.58 Å². The number of carbonyl (C=O) groups excluding carboxylic acids is 1. The van der Waals surface area contributed by atoms with E-state index in [-0.39, 0.29) is 17.0 Å². The summed E-state index contributed by atoms with van der Waals surface area (Å²) in [5.74, 6) is -0.271. The molecule has 0 saturated carbocycles. The first-order valence-electron chi connectivity index (χ1n) is 8.59. The van der Waals surface area contributed by atoms with Gasteiger partial charge in [0.2, 0.25) is 5.43 Å². The quantitative estimate of drug-likeness (QED) is 0.853. The van der Waals surface area contributed by atoms with Crippen molar-refractivity contribution in [2.24, 2.45) is 0 Å². The third-order valence-electron chi connectivity index (χ3n) is 4.79. The minimum Gasteiger partial charge on any atom is -0.337 e. The molecule has 2 aromatic rings. The number of piperidine rings is 1. The number of aryl methyl sites for hydroxylation is 1. The zero-order chi connectivity index (χ0) is 18.0. The van der Waals surface area contributed by atoms with Crippen molar-refractivity contribution in [2.45, 2.75) is 25.8 Å². The maximum Gasteiger partial charge on any atom is 0.278 e. The monoisotopic (exact) mass is 340 g/mol. The molecule has 1 aliphatic rings. The number of amides is 1. The maximum absolute atomic E-state index is 12.8. The van der Waals surface area contributed by atoms with Gasteiger partial charge in [-0.2, -0.15) is 5.10 Å². The van der Waals surface area contributed by atoms with Crippen LogP contribution in [0.5, 0.6) is 0 Å². The predicted molar refractivity (Wildman–Crippen MR) is 97.2 cm³/mol. The van der Waals surface area contributed by atoms with E-state index in [0.717, 1.165) is 18.5 Å². The molecule has 0 N–H and O–H groups in total. The fraction of sp³-hybridized carbons (Fsp3) is 0.421. The lowest BCUT2D eigenvalue weighted by Crippen LogP contribution is -2.46. The molecule has 1 aromatic heterocycles. The molecular weight excluding hydrogens is 316 g/mol. The first kappa shape index (κ1) is 17.4. The van der Waals surface area contributed by atoms with Crippen LogP contribution in [0.2, 0.25) is 0 Å². The van der Waals surface area contributed by atoms with Crippen molar-refractivity contribution >= 4 is 5.91 Å². The number of carbonyl (C=O) groups is 1. The molecule has 1 aliphatic heterocycles. The summed E-state index contributed by atoms with van der Waals surface area (Å²) in [5, 5.41) is 4.37. The number of aromatic nitrogens is 2. The van der Waals surface area contributed by atoms with Crippen LogP contribution < -0.4 is 5.43 Å². The molecule has 0 bridgehead atoms. The predicted octanol–water partition coefficient (Wildman–Crippen LogP) is 1.71. The van der Waals surface area contributed by atoms with Crippen LogP contribution in [0.25, 0.3) is 5.69 Å². The van der Waals surface area contributed by atoms with Crippen LogP contribution in [0.1, 0.15) is 29.0 Å². The number of rotatable bonds is 3. The van der Waals surface area contributed by atoms with E-state index < -0.39 is 0 Å².